The van der Waals surface area contributed by atoms with Crippen LogP contribution < -0.4 is 5.73 Å². The molecule has 27 heavy (non-hydrogen) atoms. The van der Waals surface area contributed by atoms with E-state index in [2.05, 4.69) is 24.1 Å². The highest BCUT2D eigenvalue weighted by Crippen LogP contribution is 2.37. The highest BCUT2D eigenvalue weighted by Gasteiger charge is 2.44. The number of hydrogen-bond donors (Lipinski definition) is 1. The Morgan fingerprint density at radius 1 is 1.07 bits per heavy atom. The molecule has 0 spiro atoms. The largest absolute Gasteiger partial charge is 0.320 e. The number of hydrogen-bond acceptors (Lipinski definition) is 3. The van der Waals surface area contributed by atoms with Crippen LogP contribution in [-0.4, -0.2) is 29.3 Å². The van der Waals surface area contributed by atoms with Crippen LogP contribution >= 0.6 is 23.2 Å². The second-order valence-corrected chi connectivity index (χ2v) is 8.29. The molecule has 1 saturated carbocycles. The summed E-state index contributed by atoms with van der Waals surface area (Å²) in [5.74, 6) is -0.0737. The van der Waals surface area contributed by atoms with E-state index in [9.17, 15) is 4.79 Å². The zero-order valence-electron chi connectivity index (χ0n) is 15.6. The van der Waals surface area contributed by atoms with Gasteiger partial charge in [0, 0.05) is 17.6 Å². The van der Waals surface area contributed by atoms with E-state index in [0.29, 0.717) is 15.6 Å². The minimum Gasteiger partial charge on any atom is -0.320 e. The highest BCUT2D eigenvalue weighted by molar-refractivity contribution is 6.42. The third-order valence-corrected chi connectivity index (χ3v) is 6.55. The minimum atomic E-state index is -0.608. The van der Waals surface area contributed by atoms with Gasteiger partial charge in [-0.2, -0.15) is 0 Å². The fourth-order valence-electron chi connectivity index (χ4n) is 4.18. The molecule has 3 nitrogen and oxygen atoms in total. The monoisotopic (exact) mass is 404 g/mol. The Bertz CT molecular complexity index is 788. The van der Waals surface area contributed by atoms with Gasteiger partial charge in [-0.1, -0.05) is 72.8 Å². The molecule has 3 rings (SSSR count). The molecule has 1 aliphatic carbocycles. The normalized spacial score (nSPS) is 17.7. The molecule has 1 atom stereocenters. The second kappa shape index (κ2) is 8.74. The standard InChI is InChI=1S/C22H26Cl2N2O/c1-26(15-16-8-4-2-5-9-16)22(12-6-3-7-13-22)21(25)20(27)17-10-11-18(23)19(24)14-17/h2,4-5,8-11,14,21H,3,6-7,12-13,15,25H2,1H3. The first-order chi connectivity index (χ1) is 12.9. The van der Waals surface area contributed by atoms with Gasteiger partial charge in [0.1, 0.15) is 0 Å². The number of nitrogens with two attached hydrogens (primary N) is 1. The molecule has 0 aromatic heterocycles. The molecule has 0 saturated heterocycles. The first-order valence-corrected chi connectivity index (χ1v) is 10.2. The average molecular weight is 405 g/mol. The van der Waals surface area contributed by atoms with E-state index in [0.717, 1.165) is 32.2 Å². The maximum Gasteiger partial charge on any atom is 0.181 e. The third-order valence-electron chi connectivity index (χ3n) is 5.81. The predicted molar refractivity (Wildman–Crippen MR) is 112 cm³/mol. The number of carbonyl (C=O) groups is 1. The zero-order chi connectivity index (χ0) is 19.4. The van der Waals surface area contributed by atoms with Crippen LogP contribution in [0.25, 0.3) is 0 Å². The smallest absolute Gasteiger partial charge is 0.181 e. The van der Waals surface area contributed by atoms with Crippen LogP contribution in [0.4, 0.5) is 0 Å². The van der Waals surface area contributed by atoms with Crippen molar-refractivity contribution >= 4 is 29.0 Å². The summed E-state index contributed by atoms with van der Waals surface area (Å²) in [6.07, 6.45) is 5.20. The summed E-state index contributed by atoms with van der Waals surface area (Å²) in [6.45, 7) is 0.767. The molecule has 1 fully saturated rings. The Morgan fingerprint density at radius 3 is 2.37 bits per heavy atom. The highest BCUT2D eigenvalue weighted by atomic mass is 35.5. The lowest BCUT2D eigenvalue weighted by Crippen LogP contribution is -2.62. The van der Waals surface area contributed by atoms with Gasteiger partial charge in [-0.05, 0) is 43.7 Å². The molecule has 2 aromatic carbocycles. The summed E-state index contributed by atoms with van der Waals surface area (Å²) in [5, 5.41) is 0.820. The molecule has 2 aromatic rings. The van der Waals surface area contributed by atoms with Crippen molar-refractivity contribution < 1.29 is 4.79 Å². The lowest BCUT2D eigenvalue weighted by molar-refractivity contribution is 0.0385. The third kappa shape index (κ3) is 4.38. The lowest BCUT2D eigenvalue weighted by atomic mass is 9.73. The van der Waals surface area contributed by atoms with E-state index in [1.165, 1.54) is 12.0 Å². The number of likely N-dealkylation sites (N-methyl/N-ethyl adjacent to an activating group) is 1. The van der Waals surface area contributed by atoms with Gasteiger partial charge in [-0.25, -0.2) is 0 Å². The van der Waals surface area contributed by atoms with Crippen molar-refractivity contribution in [3.8, 4) is 0 Å². The van der Waals surface area contributed by atoms with Crippen LogP contribution in [0.1, 0.15) is 48.0 Å². The number of rotatable bonds is 6. The number of halogens is 2. The van der Waals surface area contributed by atoms with E-state index < -0.39 is 6.04 Å². The van der Waals surface area contributed by atoms with Gasteiger partial charge in [0.25, 0.3) is 0 Å². The summed E-state index contributed by atoms with van der Waals surface area (Å²) in [4.78, 5) is 15.5. The van der Waals surface area contributed by atoms with Crippen LogP contribution in [-0.2, 0) is 6.54 Å². The number of benzene rings is 2. The van der Waals surface area contributed by atoms with E-state index in [-0.39, 0.29) is 11.3 Å². The molecular formula is C22H26Cl2N2O. The van der Waals surface area contributed by atoms with E-state index in [1.54, 1.807) is 18.2 Å². The zero-order valence-corrected chi connectivity index (χ0v) is 17.1. The van der Waals surface area contributed by atoms with Gasteiger partial charge in [-0.3, -0.25) is 9.69 Å². The molecule has 1 unspecified atom stereocenters. The first-order valence-electron chi connectivity index (χ1n) is 9.44. The molecule has 0 radical (unpaired) electrons. The van der Waals surface area contributed by atoms with E-state index in [4.69, 9.17) is 28.9 Å². The van der Waals surface area contributed by atoms with Crippen LogP contribution in [0.15, 0.2) is 48.5 Å². The number of carbonyl (C=O) groups excluding carboxylic acids is 1. The number of Topliss-reactive ketones (excluding diaryl/α,β-unsaturated/α-hetero) is 1. The van der Waals surface area contributed by atoms with Crippen molar-refractivity contribution in [2.75, 3.05) is 7.05 Å². The molecule has 5 heteroatoms. The molecule has 0 heterocycles. The van der Waals surface area contributed by atoms with Crippen LogP contribution in [0, 0.1) is 0 Å². The van der Waals surface area contributed by atoms with Gasteiger partial charge in [-0.15, -0.1) is 0 Å². The van der Waals surface area contributed by atoms with E-state index in [1.807, 2.05) is 18.2 Å². The van der Waals surface area contributed by atoms with Gasteiger partial charge in [0.15, 0.2) is 5.78 Å². The molecule has 144 valence electrons. The second-order valence-electron chi connectivity index (χ2n) is 7.48. The van der Waals surface area contributed by atoms with Crippen molar-refractivity contribution in [1.82, 2.24) is 4.90 Å². The Labute approximate surface area is 171 Å². The fraction of sp³-hybridized carbons (Fsp3) is 0.409. The summed E-state index contributed by atoms with van der Waals surface area (Å²) in [5.41, 5.74) is 8.03. The Morgan fingerprint density at radius 2 is 1.74 bits per heavy atom. The van der Waals surface area contributed by atoms with Crippen molar-refractivity contribution in [1.29, 1.82) is 0 Å². The first kappa shape index (κ1) is 20.3. The van der Waals surface area contributed by atoms with Gasteiger partial charge in [0.2, 0.25) is 0 Å². The van der Waals surface area contributed by atoms with Gasteiger partial charge >= 0.3 is 0 Å². The summed E-state index contributed by atoms with van der Waals surface area (Å²) in [6, 6.07) is 14.7. The molecule has 0 aliphatic heterocycles. The van der Waals surface area contributed by atoms with Crippen molar-refractivity contribution in [3.63, 3.8) is 0 Å². The van der Waals surface area contributed by atoms with Crippen LogP contribution in [0.5, 0.6) is 0 Å². The van der Waals surface area contributed by atoms with E-state index >= 15 is 0 Å². The maximum absolute atomic E-state index is 13.2. The number of nitrogens with zero attached hydrogens (tertiary/aromatic N) is 1. The molecule has 1 aliphatic rings. The van der Waals surface area contributed by atoms with Crippen LogP contribution in [0.3, 0.4) is 0 Å². The fourth-order valence-corrected chi connectivity index (χ4v) is 4.48. The number of ketones is 1. The summed E-state index contributed by atoms with van der Waals surface area (Å²) >= 11 is 12.1. The SMILES string of the molecule is CN(Cc1ccccc1)C1(C(N)C(=O)c2ccc(Cl)c(Cl)c2)CCCCC1. The topological polar surface area (TPSA) is 46.3 Å². The lowest BCUT2D eigenvalue weighted by Gasteiger charge is -2.48. The van der Waals surface area contributed by atoms with Crippen molar-refractivity contribution in [3.05, 3.63) is 69.7 Å². The predicted octanol–water partition coefficient (Wildman–Crippen LogP) is 5.34. The maximum atomic E-state index is 13.2. The van der Waals surface area contributed by atoms with Gasteiger partial charge in [0.05, 0.1) is 16.1 Å². The van der Waals surface area contributed by atoms with Crippen molar-refractivity contribution in [2.45, 2.75) is 50.2 Å². The molecular weight excluding hydrogens is 379 g/mol. The van der Waals surface area contributed by atoms with Gasteiger partial charge < -0.3 is 5.73 Å². The Kier molecular flexibility index (Phi) is 6.59. The quantitative estimate of drug-likeness (QED) is 0.660. The van der Waals surface area contributed by atoms with Crippen molar-refractivity contribution in [2.24, 2.45) is 5.73 Å². The summed E-state index contributed by atoms with van der Waals surface area (Å²) < 4.78 is 0. The molecule has 2 N–H and O–H groups in total. The Hall–Kier alpha value is -1.39. The minimum absolute atomic E-state index is 0.0737. The molecule has 0 bridgehead atoms. The molecule has 0 amide bonds. The Balaban J connectivity index is 1.88. The average Bonchev–Trinajstić information content (AvgIpc) is 2.70. The van der Waals surface area contributed by atoms with Crippen LogP contribution in [0.2, 0.25) is 10.0 Å². The summed E-state index contributed by atoms with van der Waals surface area (Å²) in [7, 11) is 2.08.